The fourth-order valence-electron chi connectivity index (χ4n) is 1.50. The molecule has 0 unspecified atom stereocenters. The van der Waals surface area contributed by atoms with Gasteiger partial charge in [-0.25, -0.2) is 0 Å². The molecule has 1 aliphatic heterocycles. The molecule has 0 amide bonds. The number of carbonyl (C=O) groups is 1. The maximum atomic E-state index is 12.2. The molecule has 0 aliphatic carbocycles. The lowest BCUT2D eigenvalue weighted by Gasteiger charge is -2.19. The second kappa shape index (κ2) is 3.85. The predicted molar refractivity (Wildman–Crippen MR) is 42.8 cm³/mol. The van der Waals surface area contributed by atoms with Crippen molar-refractivity contribution in [1.82, 2.24) is 4.90 Å². The normalized spacial score (nSPS) is 27.3. The van der Waals surface area contributed by atoms with Gasteiger partial charge in [-0.1, -0.05) is 0 Å². The topological polar surface area (TPSA) is 40.5 Å². The van der Waals surface area contributed by atoms with Gasteiger partial charge in [0.05, 0.1) is 6.67 Å². The molecule has 0 aromatic heterocycles. The van der Waals surface area contributed by atoms with E-state index < -0.39 is 12.0 Å². The van der Waals surface area contributed by atoms with E-state index in [1.54, 1.807) is 6.92 Å². The van der Waals surface area contributed by atoms with Gasteiger partial charge in [-0.15, -0.1) is 0 Å². The highest BCUT2D eigenvalue weighted by atomic mass is 19.1. The molecule has 0 aromatic carbocycles. The van der Waals surface area contributed by atoms with Gasteiger partial charge in [0, 0.05) is 12.5 Å². The Morgan fingerprint density at radius 3 is 2.92 bits per heavy atom. The molecule has 4 heteroatoms. The first kappa shape index (κ1) is 9.45. The third-order valence-corrected chi connectivity index (χ3v) is 2.44. The highest BCUT2D eigenvalue weighted by molar-refractivity contribution is 5.72. The van der Waals surface area contributed by atoms with Crippen LogP contribution in [-0.4, -0.2) is 41.8 Å². The molecule has 70 valence electrons. The summed E-state index contributed by atoms with van der Waals surface area (Å²) in [5.74, 6) is -0.777. The van der Waals surface area contributed by atoms with Crippen molar-refractivity contribution in [2.75, 3.05) is 19.8 Å². The summed E-state index contributed by atoms with van der Waals surface area (Å²) in [4.78, 5) is 12.4. The quantitative estimate of drug-likeness (QED) is 0.688. The van der Waals surface area contributed by atoms with Crippen molar-refractivity contribution in [1.29, 1.82) is 0 Å². The fraction of sp³-hybridized carbons (Fsp3) is 0.875. The van der Waals surface area contributed by atoms with Crippen LogP contribution in [0.4, 0.5) is 4.39 Å². The Hall–Kier alpha value is -0.640. The van der Waals surface area contributed by atoms with Crippen LogP contribution in [-0.2, 0) is 4.79 Å². The summed E-state index contributed by atoms with van der Waals surface area (Å²) in [6.07, 6.45) is 0.786. The van der Waals surface area contributed by atoms with Crippen molar-refractivity contribution in [2.24, 2.45) is 5.92 Å². The van der Waals surface area contributed by atoms with Gasteiger partial charge < -0.3 is 5.11 Å². The van der Waals surface area contributed by atoms with Crippen LogP contribution in [0, 0.1) is 5.92 Å². The summed E-state index contributed by atoms with van der Waals surface area (Å²) in [5.41, 5.74) is 0. The molecule has 0 radical (unpaired) electrons. The van der Waals surface area contributed by atoms with Gasteiger partial charge in [-0.05, 0) is 19.9 Å². The molecule has 1 aliphatic rings. The largest absolute Gasteiger partial charge is 0.480 e. The minimum absolute atomic E-state index is 0.0480. The van der Waals surface area contributed by atoms with Crippen LogP contribution in [0.1, 0.15) is 13.3 Å². The van der Waals surface area contributed by atoms with Crippen LogP contribution < -0.4 is 0 Å². The first-order valence-electron chi connectivity index (χ1n) is 4.18. The number of carboxylic acids is 1. The molecule has 1 saturated heterocycles. The smallest absolute Gasteiger partial charge is 0.320 e. The van der Waals surface area contributed by atoms with Gasteiger partial charge in [0.2, 0.25) is 0 Å². The highest BCUT2D eigenvalue weighted by Crippen LogP contribution is 2.18. The summed E-state index contributed by atoms with van der Waals surface area (Å²) in [7, 11) is 0. The lowest BCUT2D eigenvalue weighted by molar-refractivity contribution is -0.142. The van der Waals surface area contributed by atoms with Crippen LogP contribution in [0.15, 0.2) is 0 Å². The van der Waals surface area contributed by atoms with E-state index in [1.807, 2.05) is 4.90 Å². The number of aliphatic carboxylic acids is 1. The maximum absolute atomic E-state index is 12.2. The highest BCUT2D eigenvalue weighted by Gasteiger charge is 2.28. The zero-order valence-corrected chi connectivity index (χ0v) is 7.16. The predicted octanol–water partition coefficient (Wildman–Crippen LogP) is 0.751. The van der Waals surface area contributed by atoms with E-state index in [2.05, 4.69) is 0 Å². The van der Waals surface area contributed by atoms with Crippen LogP contribution in [0.3, 0.4) is 0 Å². The Morgan fingerprint density at radius 2 is 2.50 bits per heavy atom. The van der Waals surface area contributed by atoms with Gasteiger partial charge in [-0.3, -0.25) is 14.1 Å². The summed E-state index contributed by atoms with van der Waals surface area (Å²) < 4.78 is 12.2. The molecule has 3 nitrogen and oxygen atoms in total. The number of likely N-dealkylation sites (tertiary alicyclic amines) is 1. The molecule has 12 heavy (non-hydrogen) atoms. The summed E-state index contributed by atoms with van der Waals surface area (Å²) in [6.45, 7) is 2.61. The zero-order valence-electron chi connectivity index (χ0n) is 7.16. The Labute approximate surface area is 71.2 Å². The van der Waals surface area contributed by atoms with Crippen LogP contribution in [0.5, 0.6) is 0 Å². The molecule has 0 saturated carbocycles. The van der Waals surface area contributed by atoms with E-state index in [0.29, 0.717) is 13.1 Å². The van der Waals surface area contributed by atoms with Crippen LogP contribution in [0.25, 0.3) is 0 Å². The van der Waals surface area contributed by atoms with Gasteiger partial charge in [0.15, 0.2) is 0 Å². The van der Waals surface area contributed by atoms with Crippen molar-refractivity contribution in [3.05, 3.63) is 0 Å². The average molecular weight is 175 g/mol. The van der Waals surface area contributed by atoms with E-state index in [4.69, 9.17) is 5.11 Å². The number of alkyl halides is 1. The van der Waals surface area contributed by atoms with Crippen LogP contribution in [0.2, 0.25) is 0 Å². The Kier molecular flexibility index (Phi) is 3.03. The van der Waals surface area contributed by atoms with Crippen molar-refractivity contribution >= 4 is 5.97 Å². The van der Waals surface area contributed by atoms with Gasteiger partial charge in [-0.2, -0.15) is 0 Å². The van der Waals surface area contributed by atoms with Gasteiger partial charge in [0.1, 0.15) is 6.04 Å². The molecule has 1 fully saturated rings. The van der Waals surface area contributed by atoms with E-state index in [9.17, 15) is 9.18 Å². The molecule has 1 rings (SSSR count). The van der Waals surface area contributed by atoms with Crippen molar-refractivity contribution in [2.45, 2.75) is 19.4 Å². The Balaban J connectivity index is 2.41. The standard InChI is InChI=1S/C8H14FNO2/c1-6(8(11)12)10-3-2-7(4-9)5-10/h6-7H,2-5H2,1H3,(H,11,12)/t6-,7-/m1/s1. The number of halogens is 1. The Morgan fingerprint density at radius 1 is 1.83 bits per heavy atom. The lowest BCUT2D eigenvalue weighted by Crippen LogP contribution is -2.37. The minimum Gasteiger partial charge on any atom is -0.480 e. The van der Waals surface area contributed by atoms with E-state index in [0.717, 1.165) is 6.42 Å². The van der Waals surface area contributed by atoms with Crippen molar-refractivity contribution < 1.29 is 14.3 Å². The second-order valence-electron chi connectivity index (χ2n) is 3.32. The molecule has 0 bridgehead atoms. The Bertz CT molecular complexity index is 174. The lowest BCUT2D eigenvalue weighted by atomic mass is 10.1. The maximum Gasteiger partial charge on any atom is 0.320 e. The number of carboxylic acid groups (broad SMARTS) is 1. The molecule has 0 spiro atoms. The minimum atomic E-state index is -0.825. The molecule has 1 N–H and O–H groups in total. The summed E-state index contributed by atoms with van der Waals surface area (Å²) >= 11 is 0. The van der Waals surface area contributed by atoms with Gasteiger partial charge >= 0.3 is 5.97 Å². The molecular formula is C8H14FNO2. The summed E-state index contributed by atoms with van der Waals surface area (Å²) in [6, 6.07) is -0.471. The first-order valence-corrected chi connectivity index (χ1v) is 4.18. The molecule has 1 heterocycles. The fourth-order valence-corrected chi connectivity index (χ4v) is 1.50. The number of hydrogen-bond donors (Lipinski definition) is 1. The molecule has 0 aromatic rings. The van der Waals surface area contributed by atoms with E-state index in [-0.39, 0.29) is 12.6 Å². The van der Waals surface area contributed by atoms with Crippen molar-refractivity contribution in [3.8, 4) is 0 Å². The zero-order chi connectivity index (χ0) is 9.14. The van der Waals surface area contributed by atoms with Crippen molar-refractivity contribution in [3.63, 3.8) is 0 Å². The molecular weight excluding hydrogens is 161 g/mol. The number of hydrogen-bond acceptors (Lipinski definition) is 2. The first-order chi connectivity index (χ1) is 5.65. The van der Waals surface area contributed by atoms with E-state index in [1.165, 1.54) is 0 Å². The average Bonchev–Trinajstić information content (AvgIpc) is 2.50. The van der Waals surface area contributed by atoms with Crippen LogP contribution >= 0.6 is 0 Å². The monoisotopic (exact) mass is 175 g/mol. The summed E-state index contributed by atoms with van der Waals surface area (Å²) in [5, 5.41) is 8.67. The van der Waals surface area contributed by atoms with Gasteiger partial charge in [0.25, 0.3) is 0 Å². The van der Waals surface area contributed by atoms with E-state index >= 15 is 0 Å². The number of nitrogens with zero attached hydrogens (tertiary/aromatic N) is 1. The third-order valence-electron chi connectivity index (χ3n) is 2.44. The SMILES string of the molecule is C[C@H](C(=O)O)N1CC[C@H](CF)C1. The number of rotatable bonds is 3. The third kappa shape index (κ3) is 1.94. The second-order valence-corrected chi connectivity index (χ2v) is 3.32. The molecule has 2 atom stereocenters.